The first-order valence-electron chi connectivity index (χ1n) is 6.87. The summed E-state index contributed by atoms with van der Waals surface area (Å²) in [6.07, 6.45) is 3.49. The molecule has 0 saturated carbocycles. The zero-order valence-electron chi connectivity index (χ0n) is 12.1. The van der Waals surface area contributed by atoms with Gasteiger partial charge in [-0.2, -0.15) is 5.10 Å². The second-order valence-corrected chi connectivity index (χ2v) is 6.97. The average Bonchev–Trinajstić information content (AvgIpc) is 2.96. The zero-order valence-corrected chi connectivity index (χ0v) is 13.7. The maximum atomic E-state index is 11.4. The number of anilines is 1. The molecule has 0 spiro atoms. The summed E-state index contributed by atoms with van der Waals surface area (Å²) in [5.41, 5.74) is 4.04. The van der Waals surface area contributed by atoms with Gasteiger partial charge < -0.3 is 5.32 Å². The third kappa shape index (κ3) is 3.31. The molecule has 0 bridgehead atoms. The number of aromatic nitrogens is 2. The number of halogens is 1. The predicted octanol–water partition coefficient (Wildman–Crippen LogP) is 3.71. The molecule has 1 atom stereocenters. The van der Waals surface area contributed by atoms with Gasteiger partial charge in [-0.15, -0.1) is 0 Å². The maximum absolute atomic E-state index is 11.4. The molecule has 1 aromatic heterocycles. The molecule has 114 valence electrons. The van der Waals surface area contributed by atoms with Crippen molar-refractivity contribution in [3.05, 3.63) is 58.7 Å². The highest BCUT2D eigenvalue weighted by atomic mass is 35.5. The van der Waals surface area contributed by atoms with E-state index in [9.17, 15) is 4.21 Å². The molecule has 2 N–H and O–H groups in total. The van der Waals surface area contributed by atoms with E-state index in [2.05, 4.69) is 21.6 Å². The van der Waals surface area contributed by atoms with Crippen LogP contribution < -0.4 is 5.32 Å². The van der Waals surface area contributed by atoms with Gasteiger partial charge in [0.25, 0.3) is 0 Å². The lowest BCUT2D eigenvalue weighted by molar-refractivity contribution is 0.686. The van der Waals surface area contributed by atoms with Crippen molar-refractivity contribution in [2.45, 2.75) is 12.3 Å². The first kappa shape index (κ1) is 15.1. The summed E-state index contributed by atoms with van der Waals surface area (Å²) < 4.78 is 11.4. The minimum Gasteiger partial charge on any atom is -0.381 e. The molecule has 0 aliphatic rings. The molecule has 6 heteroatoms. The van der Waals surface area contributed by atoms with Gasteiger partial charge in [-0.05, 0) is 29.3 Å². The molecule has 0 amide bonds. The Morgan fingerprint density at radius 3 is 2.95 bits per heavy atom. The Morgan fingerprint density at radius 2 is 2.14 bits per heavy atom. The second kappa shape index (κ2) is 6.50. The van der Waals surface area contributed by atoms with Crippen LogP contribution >= 0.6 is 11.6 Å². The minimum atomic E-state index is -0.914. The number of nitrogens with one attached hydrogen (secondary N) is 2. The van der Waals surface area contributed by atoms with E-state index in [1.807, 2.05) is 36.5 Å². The molecule has 1 heterocycles. The summed E-state index contributed by atoms with van der Waals surface area (Å²) in [4.78, 5) is 0. The third-order valence-corrected chi connectivity index (χ3v) is 4.54. The van der Waals surface area contributed by atoms with Crippen LogP contribution in [0.15, 0.2) is 42.6 Å². The highest BCUT2D eigenvalue weighted by molar-refractivity contribution is 7.83. The van der Waals surface area contributed by atoms with Crippen molar-refractivity contribution >= 4 is 39.0 Å². The van der Waals surface area contributed by atoms with Crippen molar-refractivity contribution < 1.29 is 4.21 Å². The van der Waals surface area contributed by atoms with Crippen LogP contribution in [0.1, 0.15) is 11.1 Å². The third-order valence-electron chi connectivity index (χ3n) is 3.45. The smallest absolute Gasteiger partial charge is 0.0700 e. The van der Waals surface area contributed by atoms with Gasteiger partial charge in [0, 0.05) is 45.4 Å². The fourth-order valence-corrected chi connectivity index (χ4v) is 3.33. The van der Waals surface area contributed by atoms with Gasteiger partial charge in [0.15, 0.2) is 0 Å². The van der Waals surface area contributed by atoms with E-state index in [0.29, 0.717) is 17.3 Å². The average molecular weight is 334 g/mol. The molecule has 0 saturated heterocycles. The van der Waals surface area contributed by atoms with E-state index in [4.69, 9.17) is 11.6 Å². The van der Waals surface area contributed by atoms with E-state index in [-0.39, 0.29) is 0 Å². The lowest BCUT2D eigenvalue weighted by Crippen LogP contribution is -2.01. The summed E-state index contributed by atoms with van der Waals surface area (Å²) >= 11 is 6.15. The molecule has 0 radical (unpaired) electrons. The van der Waals surface area contributed by atoms with Gasteiger partial charge in [0.1, 0.15) is 0 Å². The molecule has 3 aromatic rings. The van der Waals surface area contributed by atoms with Crippen molar-refractivity contribution in [1.29, 1.82) is 0 Å². The summed E-state index contributed by atoms with van der Waals surface area (Å²) in [5.74, 6) is 0.463. The standard InChI is InChI=1S/C16H16ClN3OS/c1-22(21)10-13-7-14(5-6-15(13)17)18-8-11-3-2-4-12-9-19-20-16(11)12/h2-7,9,18H,8,10H2,1H3,(H,19,20)/t22-/m0/s1. The van der Waals surface area contributed by atoms with E-state index < -0.39 is 10.8 Å². The number of H-pyrrole nitrogens is 1. The number of hydrogen-bond donors (Lipinski definition) is 2. The Kier molecular flexibility index (Phi) is 4.45. The topological polar surface area (TPSA) is 57.8 Å². The number of rotatable bonds is 5. The Morgan fingerprint density at radius 1 is 1.27 bits per heavy atom. The van der Waals surface area contributed by atoms with Gasteiger partial charge in [0.05, 0.1) is 11.7 Å². The number of hydrogen-bond acceptors (Lipinski definition) is 3. The van der Waals surface area contributed by atoms with E-state index >= 15 is 0 Å². The fourth-order valence-electron chi connectivity index (χ4n) is 2.39. The molecule has 0 unspecified atom stereocenters. The van der Waals surface area contributed by atoms with Crippen LogP contribution in [0.25, 0.3) is 10.9 Å². The minimum absolute atomic E-state index is 0.463. The zero-order chi connectivity index (χ0) is 15.5. The molecule has 2 aromatic carbocycles. The Balaban J connectivity index is 1.79. The van der Waals surface area contributed by atoms with Gasteiger partial charge in [-0.3, -0.25) is 9.31 Å². The number of benzene rings is 2. The summed E-state index contributed by atoms with van der Waals surface area (Å²) in [5, 5.41) is 12.2. The van der Waals surface area contributed by atoms with E-state index in [1.54, 1.807) is 6.26 Å². The van der Waals surface area contributed by atoms with Crippen LogP contribution in [0.3, 0.4) is 0 Å². The maximum Gasteiger partial charge on any atom is 0.0700 e. The SMILES string of the molecule is C[S@](=O)Cc1cc(NCc2cccc3cn[nH]c23)ccc1Cl. The monoisotopic (exact) mass is 333 g/mol. The second-order valence-electron chi connectivity index (χ2n) is 5.13. The molecule has 0 aliphatic heterocycles. The van der Waals surface area contributed by atoms with Gasteiger partial charge in [-0.25, -0.2) is 0 Å². The van der Waals surface area contributed by atoms with Crippen molar-refractivity contribution in [2.75, 3.05) is 11.6 Å². The van der Waals surface area contributed by atoms with Crippen LogP contribution in [0.4, 0.5) is 5.69 Å². The molecule has 0 fully saturated rings. The largest absolute Gasteiger partial charge is 0.381 e. The summed E-state index contributed by atoms with van der Waals surface area (Å²) in [7, 11) is -0.914. The Labute approximate surface area is 136 Å². The van der Waals surface area contributed by atoms with Crippen LogP contribution in [0, 0.1) is 0 Å². The van der Waals surface area contributed by atoms with Crippen molar-refractivity contribution in [3.8, 4) is 0 Å². The lowest BCUT2D eigenvalue weighted by atomic mass is 10.1. The quantitative estimate of drug-likeness (QED) is 0.748. The normalized spacial score (nSPS) is 12.5. The Hall–Kier alpha value is -1.85. The van der Waals surface area contributed by atoms with Gasteiger partial charge in [0.2, 0.25) is 0 Å². The predicted molar refractivity (Wildman–Crippen MR) is 92.6 cm³/mol. The number of fused-ring (bicyclic) bond motifs is 1. The molecular weight excluding hydrogens is 318 g/mol. The van der Waals surface area contributed by atoms with Crippen LogP contribution in [0.5, 0.6) is 0 Å². The van der Waals surface area contributed by atoms with Crippen molar-refractivity contribution in [3.63, 3.8) is 0 Å². The molecule has 0 aliphatic carbocycles. The summed E-state index contributed by atoms with van der Waals surface area (Å²) in [6, 6.07) is 11.8. The van der Waals surface area contributed by atoms with Gasteiger partial charge >= 0.3 is 0 Å². The molecular formula is C16H16ClN3OS. The summed E-state index contributed by atoms with van der Waals surface area (Å²) in [6.45, 7) is 0.676. The van der Waals surface area contributed by atoms with Crippen LogP contribution in [-0.4, -0.2) is 20.7 Å². The Bertz CT molecular complexity index is 831. The first-order valence-corrected chi connectivity index (χ1v) is 8.97. The number of aromatic amines is 1. The van der Waals surface area contributed by atoms with Crippen molar-refractivity contribution in [1.82, 2.24) is 10.2 Å². The molecule has 3 rings (SSSR count). The lowest BCUT2D eigenvalue weighted by Gasteiger charge is -2.10. The van der Waals surface area contributed by atoms with E-state index in [1.165, 1.54) is 0 Å². The highest BCUT2D eigenvalue weighted by Crippen LogP contribution is 2.23. The van der Waals surface area contributed by atoms with Crippen molar-refractivity contribution in [2.24, 2.45) is 0 Å². The number of nitrogens with zero attached hydrogens (tertiary/aromatic N) is 1. The fraction of sp³-hybridized carbons (Fsp3) is 0.188. The van der Waals surface area contributed by atoms with Crippen LogP contribution in [0.2, 0.25) is 5.02 Å². The molecule has 4 nitrogen and oxygen atoms in total. The van der Waals surface area contributed by atoms with Crippen LogP contribution in [-0.2, 0) is 23.1 Å². The number of para-hydroxylation sites is 1. The van der Waals surface area contributed by atoms with Gasteiger partial charge in [-0.1, -0.05) is 29.8 Å². The highest BCUT2D eigenvalue weighted by Gasteiger charge is 2.06. The van der Waals surface area contributed by atoms with E-state index in [0.717, 1.165) is 27.7 Å². The molecule has 22 heavy (non-hydrogen) atoms. The first-order chi connectivity index (χ1) is 10.6.